The number of amides is 2. The quantitative estimate of drug-likeness (QED) is 0.445. The minimum absolute atomic E-state index is 0.0317. The molecule has 0 bridgehead atoms. The van der Waals surface area contributed by atoms with Crippen LogP contribution in [0.25, 0.3) is 11.1 Å². The van der Waals surface area contributed by atoms with Crippen molar-refractivity contribution >= 4 is 18.0 Å². The summed E-state index contributed by atoms with van der Waals surface area (Å²) in [5, 5.41) is 23.7. The number of carboxylic acids is 1. The Labute approximate surface area is 197 Å². The second kappa shape index (κ2) is 10.5. The van der Waals surface area contributed by atoms with E-state index in [1.165, 1.54) is 0 Å². The van der Waals surface area contributed by atoms with Crippen LogP contribution in [0.15, 0.2) is 60.7 Å². The number of aliphatic hydroxyl groups is 1. The average molecular weight is 465 g/mol. The van der Waals surface area contributed by atoms with Crippen molar-refractivity contribution in [3.63, 3.8) is 0 Å². The van der Waals surface area contributed by atoms with Crippen molar-refractivity contribution in [1.29, 1.82) is 0 Å². The lowest BCUT2D eigenvalue weighted by Gasteiger charge is -2.25. The van der Waals surface area contributed by atoms with Crippen molar-refractivity contribution in [2.24, 2.45) is 5.92 Å². The monoisotopic (exact) mass is 464 g/mol. The lowest BCUT2D eigenvalue weighted by Crippen LogP contribution is -2.42. The van der Waals surface area contributed by atoms with Crippen LogP contribution in [0.2, 0.25) is 0 Å². The summed E-state index contributed by atoms with van der Waals surface area (Å²) in [6.07, 6.45) is 2.44. The van der Waals surface area contributed by atoms with Crippen molar-refractivity contribution in [1.82, 2.24) is 10.6 Å². The highest BCUT2D eigenvalue weighted by molar-refractivity contribution is 5.80. The number of hydrogen-bond acceptors (Lipinski definition) is 5. The molecule has 0 fully saturated rings. The van der Waals surface area contributed by atoms with Crippen LogP contribution in [0, 0.1) is 5.92 Å². The molecule has 3 atom stereocenters. The van der Waals surface area contributed by atoms with Gasteiger partial charge >= 0.3 is 12.1 Å². The molecular formula is C26H28N2O6. The third kappa shape index (κ3) is 5.46. The molecular weight excluding hydrogens is 436 g/mol. The van der Waals surface area contributed by atoms with Crippen LogP contribution in [0.1, 0.15) is 36.3 Å². The zero-order chi connectivity index (χ0) is 24.1. The summed E-state index contributed by atoms with van der Waals surface area (Å²) in [6, 6.07) is 15.9. The maximum atomic E-state index is 12.5. The summed E-state index contributed by atoms with van der Waals surface area (Å²) in [6.45, 7) is 0.0808. The molecule has 34 heavy (non-hydrogen) atoms. The Hall–Kier alpha value is -3.65. The van der Waals surface area contributed by atoms with Gasteiger partial charge in [-0.15, -0.1) is 0 Å². The first kappa shape index (κ1) is 23.5. The lowest BCUT2D eigenvalue weighted by atomic mass is 9.90. The maximum Gasteiger partial charge on any atom is 0.407 e. The van der Waals surface area contributed by atoms with Crippen LogP contribution < -0.4 is 10.6 Å². The number of ether oxygens (including phenoxy) is 1. The van der Waals surface area contributed by atoms with E-state index in [1.54, 1.807) is 0 Å². The largest absolute Gasteiger partial charge is 0.481 e. The van der Waals surface area contributed by atoms with Crippen molar-refractivity contribution in [2.45, 2.75) is 37.3 Å². The van der Waals surface area contributed by atoms with Crippen LogP contribution in [-0.2, 0) is 14.3 Å². The number of rotatable bonds is 8. The van der Waals surface area contributed by atoms with Crippen LogP contribution in [-0.4, -0.2) is 53.5 Å². The topological polar surface area (TPSA) is 125 Å². The summed E-state index contributed by atoms with van der Waals surface area (Å²) in [4.78, 5) is 35.6. The highest BCUT2D eigenvalue weighted by atomic mass is 16.5. The summed E-state index contributed by atoms with van der Waals surface area (Å²) in [5.74, 6) is -1.83. The van der Waals surface area contributed by atoms with E-state index in [4.69, 9.17) is 9.84 Å². The van der Waals surface area contributed by atoms with Gasteiger partial charge in [-0.3, -0.25) is 9.59 Å². The molecule has 0 radical (unpaired) electrons. The van der Waals surface area contributed by atoms with Gasteiger partial charge in [-0.2, -0.15) is 0 Å². The van der Waals surface area contributed by atoms with Gasteiger partial charge in [0.2, 0.25) is 5.91 Å². The molecule has 1 unspecified atom stereocenters. The number of nitrogens with one attached hydrogen (secondary N) is 2. The van der Waals surface area contributed by atoms with Gasteiger partial charge in [0.05, 0.1) is 18.6 Å². The van der Waals surface area contributed by atoms with Gasteiger partial charge in [0.15, 0.2) is 0 Å². The Morgan fingerprint density at radius 1 is 1.03 bits per heavy atom. The number of fused-ring (bicyclic) bond motifs is 3. The summed E-state index contributed by atoms with van der Waals surface area (Å²) in [5.41, 5.74) is 4.58. The van der Waals surface area contributed by atoms with Crippen LogP contribution in [0.5, 0.6) is 0 Å². The predicted molar refractivity (Wildman–Crippen MR) is 125 cm³/mol. The highest BCUT2D eigenvalue weighted by Gasteiger charge is 2.30. The molecule has 0 heterocycles. The van der Waals surface area contributed by atoms with Crippen LogP contribution >= 0.6 is 0 Å². The normalized spacial score (nSPS) is 19.6. The Balaban J connectivity index is 1.28. The van der Waals surface area contributed by atoms with Crippen LogP contribution in [0.4, 0.5) is 4.79 Å². The summed E-state index contributed by atoms with van der Waals surface area (Å²) >= 11 is 0. The first-order valence-electron chi connectivity index (χ1n) is 11.4. The van der Waals surface area contributed by atoms with E-state index in [1.807, 2.05) is 36.4 Å². The van der Waals surface area contributed by atoms with Crippen LogP contribution in [0.3, 0.4) is 0 Å². The van der Waals surface area contributed by atoms with Gasteiger partial charge in [-0.05, 0) is 35.1 Å². The molecule has 0 saturated carbocycles. The van der Waals surface area contributed by atoms with E-state index in [2.05, 4.69) is 34.9 Å². The van der Waals surface area contributed by atoms with Gasteiger partial charge in [-0.25, -0.2) is 4.79 Å². The maximum absolute atomic E-state index is 12.5. The molecule has 2 aliphatic carbocycles. The van der Waals surface area contributed by atoms with Gasteiger partial charge in [0.1, 0.15) is 6.61 Å². The SMILES string of the molecule is O=C(O)CC(O)CNC(=O)[C@@H]1CC=C[C@@H](NC(=O)OCC2c3ccccc3-c3ccccc32)C1. The Morgan fingerprint density at radius 3 is 2.32 bits per heavy atom. The molecule has 2 aromatic rings. The molecule has 0 saturated heterocycles. The third-order valence-corrected chi connectivity index (χ3v) is 6.27. The Kier molecular flexibility index (Phi) is 7.27. The molecule has 2 aliphatic rings. The average Bonchev–Trinajstić information content (AvgIpc) is 3.15. The van der Waals surface area contributed by atoms with E-state index in [0.29, 0.717) is 12.8 Å². The number of benzene rings is 2. The lowest BCUT2D eigenvalue weighted by molar-refractivity contribution is -0.139. The zero-order valence-corrected chi connectivity index (χ0v) is 18.6. The zero-order valence-electron chi connectivity index (χ0n) is 18.6. The molecule has 4 rings (SSSR count). The summed E-state index contributed by atoms with van der Waals surface area (Å²) in [7, 11) is 0. The summed E-state index contributed by atoms with van der Waals surface area (Å²) < 4.78 is 5.58. The van der Waals surface area contributed by atoms with Crippen molar-refractivity contribution in [2.75, 3.05) is 13.2 Å². The molecule has 2 amide bonds. The molecule has 0 aliphatic heterocycles. The fourth-order valence-corrected chi connectivity index (χ4v) is 4.64. The van der Waals surface area contributed by atoms with E-state index in [9.17, 15) is 19.5 Å². The minimum Gasteiger partial charge on any atom is -0.481 e. The van der Waals surface area contributed by atoms with Gasteiger partial charge in [0.25, 0.3) is 0 Å². The van der Waals surface area contributed by atoms with Crippen molar-refractivity contribution in [3.8, 4) is 11.1 Å². The molecule has 178 valence electrons. The second-order valence-electron chi connectivity index (χ2n) is 8.67. The number of aliphatic hydroxyl groups excluding tert-OH is 1. The fraction of sp³-hybridized carbons (Fsp3) is 0.346. The molecule has 2 aromatic carbocycles. The number of carbonyl (C=O) groups excluding carboxylic acids is 2. The van der Waals surface area contributed by atoms with Crippen molar-refractivity contribution in [3.05, 3.63) is 71.8 Å². The van der Waals surface area contributed by atoms with Gasteiger partial charge < -0.3 is 25.6 Å². The molecule has 8 nitrogen and oxygen atoms in total. The molecule has 0 spiro atoms. The predicted octanol–water partition coefficient (Wildman–Crippen LogP) is 2.81. The fourth-order valence-electron chi connectivity index (χ4n) is 4.64. The standard InChI is InChI=1S/C26H28N2O6/c29-18(13-24(30)31)14-27-25(32)16-6-5-7-17(12-16)28-26(33)34-15-23-21-10-3-1-8-19(21)20-9-2-4-11-22(20)23/h1-5,7-11,16-18,23,29H,6,12-15H2,(H,27,32)(H,28,33)(H,30,31)/t16-,17-,18?/m1/s1. The van der Waals surface area contributed by atoms with E-state index < -0.39 is 24.6 Å². The number of aliphatic carboxylic acids is 1. The van der Waals surface area contributed by atoms with E-state index in [0.717, 1.165) is 22.3 Å². The van der Waals surface area contributed by atoms with E-state index >= 15 is 0 Å². The number of carboxylic acid groups (broad SMARTS) is 1. The minimum atomic E-state index is -1.14. The third-order valence-electron chi connectivity index (χ3n) is 6.27. The first-order chi connectivity index (χ1) is 16.4. The Bertz CT molecular complexity index is 1050. The van der Waals surface area contributed by atoms with Crippen molar-refractivity contribution < 1.29 is 29.3 Å². The number of alkyl carbamates (subject to hydrolysis) is 1. The Morgan fingerprint density at radius 2 is 1.68 bits per heavy atom. The first-order valence-corrected chi connectivity index (χ1v) is 11.4. The smallest absolute Gasteiger partial charge is 0.407 e. The number of hydrogen-bond donors (Lipinski definition) is 4. The van der Waals surface area contributed by atoms with Gasteiger partial charge in [-0.1, -0.05) is 60.7 Å². The molecule has 4 N–H and O–H groups in total. The van der Waals surface area contributed by atoms with Gasteiger partial charge in [0, 0.05) is 18.4 Å². The molecule has 8 heteroatoms. The highest BCUT2D eigenvalue weighted by Crippen LogP contribution is 2.44. The van der Waals surface area contributed by atoms with E-state index in [-0.39, 0.29) is 36.9 Å². The molecule has 0 aromatic heterocycles. The number of allylic oxidation sites excluding steroid dienone is 1. The number of carbonyl (C=O) groups is 3. The second-order valence-corrected chi connectivity index (χ2v) is 8.67.